The minimum atomic E-state index is -3.86. The third-order valence-corrected chi connectivity index (χ3v) is 6.99. The van der Waals surface area contributed by atoms with E-state index in [-0.39, 0.29) is 17.4 Å². The lowest BCUT2D eigenvalue weighted by molar-refractivity contribution is -0.122. The number of hydrogen-bond donors (Lipinski definition) is 1. The Hall–Kier alpha value is -3.32. The Kier molecular flexibility index (Phi) is 5.69. The molecule has 1 aliphatic rings. The molecule has 0 spiro atoms. The number of carbonyl (C=O) groups is 1. The third kappa shape index (κ3) is 4.14. The molecule has 0 radical (unpaired) electrons. The molecule has 0 saturated carbocycles. The summed E-state index contributed by atoms with van der Waals surface area (Å²) >= 11 is 0. The molecular formula is C24H24N2O4S. The van der Waals surface area contributed by atoms with Gasteiger partial charge in [-0.2, -0.15) is 0 Å². The zero-order chi connectivity index (χ0) is 22.0. The van der Waals surface area contributed by atoms with Crippen molar-refractivity contribution in [2.45, 2.75) is 30.8 Å². The van der Waals surface area contributed by atoms with Crippen molar-refractivity contribution in [3.05, 3.63) is 84.4 Å². The van der Waals surface area contributed by atoms with Crippen LogP contribution in [0.3, 0.4) is 0 Å². The van der Waals surface area contributed by atoms with E-state index in [1.807, 2.05) is 38.1 Å². The second-order valence-corrected chi connectivity index (χ2v) is 9.52. The van der Waals surface area contributed by atoms with Crippen LogP contribution in [0.5, 0.6) is 5.75 Å². The predicted octanol–water partition coefficient (Wildman–Crippen LogP) is 4.41. The van der Waals surface area contributed by atoms with Crippen molar-refractivity contribution in [1.82, 2.24) is 0 Å². The van der Waals surface area contributed by atoms with Crippen LogP contribution in [0.15, 0.2) is 83.8 Å². The highest BCUT2D eigenvalue weighted by Crippen LogP contribution is 2.37. The summed E-state index contributed by atoms with van der Waals surface area (Å²) in [5, 5.41) is 2.92. The van der Waals surface area contributed by atoms with Crippen molar-refractivity contribution in [2.75, 3.05) is 16.2 Å². The van der Waals surface area contributed by atoms with E-state index < -0.39 is 22.0 Å². The second kappa shape index (κ2) is 8.43. The van der Waals surface area contributed by atoms with E-state index in [9.17, 15) is 13.2 Å². The van der Waals surface area contributed by atoms with Crippen LogP contribution in [-0.4, -0.2) is 27.0 Å². The molecule has 1 aliphatic heterocycles. The van der Waals surface area contributed by atoms with Crippen LogP contribution < -0.4 is 14.4 Å². The molecule has 1 unspecified atom stereocenters. The van der Waals surface area contributed by atoms with Crippen LogP contribution in [0.2, 0.25) is 0 Å². The van der Waals surface area contributed by atoms with E-state index in [1.165, 1.54) is 4.31 Å². The van der Waals surface area contributed by atoms with Gasteiger partial charge in [-0.05, 0) is 41.8 Å². The zero-order valence-corrected chi connectivity index (χ0v) is 18.2. The summed E-state index contributed by atoms with van der Waals surface area (Å²) in [5.74, 6) is 0.181. The molecule has 7 heteroatoms. The van der Waals surface area contributed by atoms with Crippen LogP contribution in [0.25, 0.3) is 0 Å². The van der Waals surface area contributed by atoms with E-state index in [4.69, 9.17) is 4.74 Å². The normalized spacial score (nSPS) is 15.8. The fourth-order valence-electron chi connectivity index (χ4n) is 3.61. The first-order valence-corrected chi connectivity index (χ1v) is 11.5. The van der Waals surface area contributed by atoms with E-state index >= 15 is 0 Å². The molecule has 0 bridgehead atoms. The number of fused-ring (bicyclic) bond motifs is 1. The van der Waals surface area contributed by atoms with Gasteiger partial charge in [0.15, 0.2) is 6.10 Å². The van der Waals surface area contributed by atoms with Crippen molar-refractivity contribution in [3.63, 3.8) is 0 Å². The topological polar surface area (TPSA) is 75.7 Å². The molecule has 160 valence electrons. The molecule has 1 heterocycles. The Morgan fingerprint density at radius 2 is 1.61 bits per heavy atom. The molecule has 1 amide bonds. The molecule has 0 aromatic heterocycles. The maximum atomic E-state index is 13.4. The van der Waals surface area contributed by atoms with E-state index in [1.54, 1.807) is 54.6 Å². The van der Waals surface area contributed by atoms with Crippen LogP contribution in [0.1, 0.15) is 25.3 Å². The van der Waals surface area contributed by atoms with Gasteiger partial charge in [-0.25, -0.2) is 8.42 Å². The molecule has 0 saturated heterocycles. The summed E-state index contributed by atoms with van der Waals surface area (Å²) in [6.07, 6.45) is -0.992. The van der Waals surface area contributed by atoms with Gasteiger partial charge in [0.25, 0.3) is 15.9 Å². The van der Waals surface area contributed by atoms with Crippen LogP contribution in [0.4, 0.5) is 11.4 Å². The summed E-state index contributed by atoms with van der Waals surface area (Å²) in [5.41, 5.74) is 2.11. The maximum Gasteiger partial charge on any atom is 0.267 e. The third-order valence-electron chi connectivity index (χ3n) is 5.20. The Labute approximate surface area is 182 Å². The fraction of sp³-hybridized carbons (Fsp3) is 0.208. The van der Waals surface area contributed by atoms with Gasteiger partial charge in [-0.1, -0.05) is 62.4 Å². The van der Waals surface area contributed by atoms with Crippen LogP contribution >= 0.6 is 0 Å². The molecule has 1 atom stereocenters. The molecular weight excluding hydrogens is 412 g/mol. The van der Waals surface area contributed by atoms with Gasteiger partial charge in [-0.3, -0.25) is 9.10 Å². The lowest BCUT2D eigenvalue weighted by Gasteiger charge is -2.34. The van der Waals surface area contributed by atoms with Crippen LogP contribution in [-0.2, 0) is 14.8 Å². The number of anilines is 2. The second-order valence-electron chi connectivity index (χ2n) is 7.65. The smallest absolute Gasteiger partial charge is 0.267 e. The van der Waals surface area contributed by atoms with Crippen molar-refractivity contribution in [3.8, 4) is 5.75 Å². The Morgan fingerprint density at radius 3 is 2.35 bits per heavy atom. The number of rotatable bonds is 5. The molecule has 0 fully saturated rings. The average molecular weight is 437 g/mol. The molecule has 0 aliphatic carbocycles. The average Bonchev–Trinajstić information content (AvgIpc) is 2.79. The molecule has 31 heavy (non-hydrogen) atoms. The lowest BCUT2D eigenvalue weighted by Crippen LogP contribution is -2.48. The monoisotopic (exact) mass is 436 g/mol. The van der Waals surface area contributed by atoms with Gasteiger partial charge in [-0.15, -0.1) is 0 Å². The zero-order valence-electron chi connectivity index (χ0n) is 17.4. The summed E-state index contributed by atoms with van der Waals surface area (Å²) in [7, 11) is -3.86. The quantitative estimate of drug-likeness (QED) is 0.643. The summed E-state index contributed by atoms with van der Waals surface area (Å²) in [6.45, 7) is 3.98. The fourth-order valence-corrected chi connectivity index (χ4v) is 5.11. The minimum absolute atomic E-state index is 0.121. The first kappa shape index (κ1) is 20.9. The summed E-state index contributed by atoms with van der Waals surface area (Å²) < 4.78 is 33.9. The largest absolute Gasteiger partial charge is 0.476 e. The predicted molar refractivity (Wildman–Crippen MR) is 121 cm³/mol. The van der Waals surface area contributed by atoms with Gasteiger partial charge in [0, 0.05) is 5.69 Å². The van der Waals surface area contributed by atoms with Gasteiger partial charge >= 0.3 is 0 Å². The number of nitrogens with one attached hydrogen (secondary N) is 1. The van der Waals surface area contributed by atoms with Gasteiger partial charge in [0.1, 0.15) is 5.75 Å². The number of para-hydroxylation sites is 3. The highest BCUT2D eigenvalue weighted by atomic mass is 32.2. The van der Waals surface area contributed by atoms with E-state index in [2.05, 4.69) is 5.32 Å². The van der Waals surface area contributed by atoms with Crippen molar-refractivity contribution in [1.29, 1.82) is 0 Å². The molecule has 3 aromatic rings. The maximum absolute atomic E-state index is 13.4. The minimum Gasteiger partial charge on any atom is -0.476 e. The number of carbonyl (C=O) groups excluding carboxylic acids is 1. The van der Waals surface area contributed by atoms with E-state index in [0.717, 1.165) is 5.56 Å². The van der Waals surface area contributed by atoms with E-state index in [0.29, 0.717) is 17.1 Å². The van der Waals surface area contributed by atoms with Gasteiger partial charge in [0.05, 0.1) is 17.1 Å². The standard InChI is InChI=1S/C24H24N2O4S/c1-17(2)19-12-6-7-13-20(19)25-24(27)23-16-26(21-14-8-9-15-22(21)30-23)31(28,29)18-10-4-3-5-11-18/h3-15,17,23H,16H2,1-2H3,(H,25,27). The number of hydrogen-bond acceptors (Lipinski definition) is 4. The SMILES string of the molecule is CC(C)c1ccccc1NC(=O)C1CN(S(=O)(=O)c2ccccc2)c2ccccc2O1. The van der Waals surface area contributed by atoms with Crippen molar-refractivity contribution in [2.24, 2.45) is 0 Å². The number of sulfonamides is 1. The number of nitrogens with zero attached hydrogens (tertiary/aromatic N) is 1. The number of benzene rings is 3. The van der Waals surface area contributed by atoms with Crippen LogP contribution in [0, 0.1) is 0 Å². The van der Waals surface area contributed by atoms with Gasteiger partial charge in [0.2, 0.25) is 0 Å². The Morgan fingerprint density at radius 1 is 0.968 bits per heavy atom. The Balaban J connectivity index is 1.67. The number of ether oxygens (including phenoxy) is 1. The molecule has 6 nitrogen and oxygen atoms in total. The lowest BCUT2D eigenvalue weighted by atomic mass is 10.0. The number of amides is 1. The first-order chi connectivity index (χ1) is 14.9. The summed E-state index contributed by atoms with van der Waals surface area (Å²) in [4.78, 5) is 13.3. The molecule has 4 rings (SSSR count). The molecule has 3 aromatic carbocycles. The molecule has 1 N–H and O–H groups in total. The highest BCUT2D eigenvalue weighted by Gasteiger charge is 2.37. The van der Waals surface area contributed by atoms with Crippen molar-refractivity contribution < 1.29 is 17.9 Å². The first-order valence-electron chi connectivity index (χ1n) is 10.1. The highest BCUT2D eigenvalue weighted by molar-refractivity contribution is 7.92. The van der Waals surface area contributed by atoms with Crippen molar-refractivity contribution >= 4 is 27.3 Å². The summed E-state index contributed by atoms with van der Waals surface area (Å²) in [6, 6.07) is 22.6. The Bertz CT molecular complexity index is 1190. The van der Waals surface area contributed by atoms with Gasteiger partial charge < -0.3 is 10.1 Å².